The van der Waals surface area contributed by atoms with Gasteiger partial charge in [-0.3, -0.25) is 14.9 Å². The van der Waals surface area contributed by atoms with Crippen molar-refractivity contribution in [3.05, 3.63) is 46.5 Å². The maximum absolute atomic E-state index is 12.2. The number of rotatable bonds is 10. The summed E-state index contributed by atoms with van der Waals surface area (Å²) in [7, 11) is 4.47. The number of benzene rings is 2. The monoisotopic (exact) mass is 390 g/mol. The van der Waals surface area contributed by atoms with Crippen molar-refractivity contribution < 1.29 is 28.7 Å². The van der Waals surface area contributed by atoms with Crippen LogP contribution in [0.1, 0.15) is 12.8 Å². The van der Waals surface area contributed by atoms with Crippen molar-refractivity contribution in [2.45, 2.75) is 12.8 Å². The number of para-hydroxylation sites is 2. The van der Waals surface area contributed by atoms with E-state index in [1.807, 2.05) is 0 Å². The Labute approximate surface area is 162 Å². The molecule has 2 rings (SSSR count). The lowest BCUT2D eigenvalue weighted by Gasteiger charge is -2.14. The van der Waals surface area contributed by atoms with Gasteiger partial charge < -0.3 is 24.3 Å². The van der Waals surface area contributed by atoms with Crippen LogP contribution in [0, 0.1) is 10.1 Å². The second-order valence-corrected chi connectivity index (χ2v) is 5.64. The molecule has 1 N–H and O–H groups in total. The standard InChI is InChI=1S/C19H22N2O7/c1-25-16-11-13(12-17(26-2)19(16)27-3)20-18(22)9-6-10-28-15-8-5-4-7-14(15)21(23)24/h4-5,7-8,11-12H,6,9-10H2,1-3H3,(H,20,22). The summed E-state index contributed by atoms with van der Waals surface area (Å²) in [6.45, 7) is 0.174. The number of methoxy groups -OCH3 is 3. The number of ether oxygens (including phenoxy) is 4. The Kier molecular flexibility index (Phi) is 7.44. The van der Waals surface area contributed by atoms with Gasteiger partial charge in [-0.25, -0.2) is 0 Å². The molecular weight excluding hydrogens is 368 g/mol. The number of nitro benzene ring substituents is 1. The van der Waals surface area contributed by atoms with Gasteiger partial charge in [0.1, 0.15) is 0 Å². The normalized spacial score (nSPS) is 10.1. The molecule has 0 radical (unpaired) electrons. The third kappa shape index (κ3) is 5.26. The van der Waals surface area contributed by atoms with E-state index >= 15 is 0 Å². The van der Waals surface area contributed by atoms with Gasteiger partial charge in [0.15, 0.2) is 17.2 Å². The molecule has 0 aliphatic rings. The van der Waals surface area contributed by atoms with Gasteiger partial charge in [0, 0.05) is 30.3 Å². The van der Waals surface area contributed by atoms with E-state index in [4.69, 9.17) is 18.9 Å². The molecule has 0 aliphatic heterocycles. The van der Waals surface area contributed by atoms with Crippen LogP contribution in [-0.4, -0.2) is 38.8 Å². The first kappa shape index (κ1) is 20.8. The predicted molar refractivity (Wildman–Crippen MR) is 103 cm³/mol. The first-order valence-corrected chi connectivity index (χ1v) is 8.46. The molecule has 0 bridgehead atoms. The summed E-state index contributed by atoms with van der Waals surface area (Å²) in [6.07, 6.45) is 0.569. The van der Waals surface area contributed by atoms with Gasteiger partial charge in [0.25, 0.3) is 0 Å². The van der Waals surface area contributed by atoms with Gasteiger partial charge >= 0.3 is 5.69 Å². The van der Waals surface area contributed by atoms with Crippen LogP contribution in [0.15, 0.2) is 36.4 Å². The second kappa shape index (κ2) is 10.0. The molecule has 150 valence electrons. The summed E-state index contributed by atoms with van der Waals surface area (Å²) in [6, 6.07) is 9.36. The molecule has 0 spiro atoms. The van der Waals surface area contributed by atoms with Crippen molar-refractivity contribution in [3.63, 3.8) is 0 Å². The third-order valence-electron chi connectivity index (χ3n) is 3.82. The highest BCUT2D eigenvalue weighted by Crippen LogP contribution is 2.39. The Bertz CT molecular complexity index is 814. The van der Waals surface area contributed by atoms with Crippen LogP contribution < -0.4 is 24.3 Å². The summed E-state index contributed by atoms with van der Waals surface area (Å²) in [4.78, 5) is 22.6. The fraction of sp³-hybridized carbons (Fsp3) is 0.316. The topological polar surface area (TPSA) is 109 Å². The van der Waals surface area contributed by atoms with Crippen LogP contribution in [0.5, 0.6) is 23.0 Å². The Morgan fingerprint density at radius 2 is 1.68 bits per heavy atom. The zero-order chi connectivity index (χ0) is 20.5. The number of anilines is 1. The Hall–Kier alpha value is -3.49. The van der Waals surface area contributed by atoms with Crippen molar-refractivity contribution in [1.29, 1.82) is 0 Å². The number of nitrogens with one attached hydrogen (secondary N) is 1. The fourth-order valence-corrected chi connectivity index (χ4v) is 2.52. The van der Waals surface area contributed by atoms with E-state index < -0.39 is 4.92 Å². The average molecular weight is 390 g/mol. The lowest BCUT2D eigenvalue weighted by Crippen LogP contribution is -2.13. The zero-order valence-electron chi connectivity index (χ0n) is 15.9. The number of carbonyl (C=O) groups is 1. The Morgan fingerprint density at radius 3 is 2.25 bits per heavy atom. The number of hydrogen-bond acceptors (Lipinski definition) is 7. The van der Waals surface area contributed by atoms with Gasteiger partial charge in [-0.15, -0.1) is 0 Å². The maximum atomic E-state index is 12.2. The summed E-state index contributed by atoms with van der Waals surface area (Å²) in [5.41, 5.74) is 0.392. The molecule has 0 fully saturated rings. The largest absolute Gasteiger partial charge is 0.493 e. The zero-order valence-corrected chi connectivity index (χ0v) is 15.9. The lowest BCUT2D eigenvalue weighted by atomic mass is 10.2. The van der Waals surface area contributed by atoms with E-state index in [9.17, 15) is 14.9 Å². The number of amides is 1. The van der Waals surface area contributed by atoms with Crippen LogP contribution in [0.3, 0.4) is 0 Å². The number of hydrogen-bond donors (Lipinski definition) is 1. The van der Waals surface area contributed by atoms with Crippen molar-refractivity contribution in [2.24, 2.45) is 0 Å². The molecule has 2 aromatic carbocycles. The van der Waals surface area contributed by atoms with E-state index in [1.165, 1.54) is 33.5 Å². The molecule has 28 heavy (non-hydrogen) atoms. The number of nitro groups is 1. The smallest absolute Gasteiger partial charge is 0.310 e. The summed E-state index contributed by atoms with van der Waals surface area (Å²) >= 11 is 0. The minimum absolute atomic E-state index is 0.107. The van der Waals surface area contributed by atoms with Crippen LogP contribution in [0.2, 0.25) is 0 Å². The summed E-state index contributed by atoms with van der Waals surface area (Å²) in [5, 5.41) is 13.7. The molecule has 0 unspecified atom stereocenters. The minimum atomic E-state index is -0.507. The van der Waals surface area contributed by atoms with Gasteiger partial charge in [-0.05, 0) is 12.5 Å². The first-order chi connectivity index (χ1) is 13.5. The first-order valence-electron chi connectivity index (χ1n) is 8.46. The van der Waals surface area contributed by atoms with Crippen molar-refractivity contribution in [3.8, 4) is 23.0 Å². The summed E-state index contributed by atoms with van der Waals surface area (Å²) in [5.74, 6) is 1.23. The molecule has 0 atom stereocenters. The molecule has 0 aliphatic carbocycles. The lowest BCUT2D eigenvalue weighted by molar-refractivity contribution is -0.385. The van der Waals surface area contributed by atoms with E-state index in [-0.39, 0.29) is 30.4 Å². The van der Waals surface area contributed by atoms with E-state index in [0.717, 1.165) is 0 Å². The molecule has 9 nitrogen and oxygen atoms in total. The van der Waals surface area contributed by atoms with Gasteiger partial charge in [0.05, 0.1) is 32.9 Å². The van der Waals surface area contributed by atoms with Crippen molar-refractivity contribution in [1.82, 2.24) is 0 Å². The fourth-order valence-electron chi connectivity index (χ4n) is 2.52. The third-order valence-corrected chi connectivity index (χ3v) is 3.82. The van der Waals surface area contributed by atoms with Gasteiger partial charge in [0.2, 0.25) is 11.7 Å². The van der Waals surface area contributed by atoms with Crippen LogP contribution in [0.4, 0.5) is 11.4 Å². The second-order valence-electron chi connectivity index (χ2n) is 5.64. The highest BCUT2D eigenvalue weighted by atomic mass is 16.6. The predicted octanol–water partition coefficient (Wildman–Crippen LogP) is 3.42. The number of carbonyl (C=O) groups excluding carboxylic acids is 1. The molecule has 0 aromatic heterocycles. The Morgan fingerprint density at radius 1 is 1.04 bits per heavy atom. The quantitative estimate of drug-likeness (QED) is 0.376. The highest BCUT2D eigenvalue weighted by molar-refractivity contribution is 5.91. The van der Waals surface area contributed by atoms with E-state index in [0.29, 0.717) is 29.4 Å². The van der Waals surface area contributed by atoms with Gasteiger partial charge in [-0.1, -0.05) is 12.1 Å². The molecule has 0 heterocycles. The van der Waals surface area contributed by atoms with Crippen LogP contribution >= 0.6 is 0 Å². The molecule has 9 heteroatoms. The molecule has 2 aromatic rings. The minimum Gasteiger partial charge on any atom is -0.493 e. The molecule has 0 saturated carbocycles. The van der Waals surface area contributed by atoms with Gasteiger partial charge in [-0.2, -0.15) is 0 Å². The van der Waals surface area contributed by atoms with Crippen LogP contribution in [0.25, 0.3) is 0 Å². The molecule has 0 saturated heterocycles. The van der Waals surface area contributed by atoms with E-state index in [2.05, 4.69) is 5.32 Å². The molecular formula is C19H22N2O7. The van der Waals surface area contributed by atoms with Crippen molar-refractivity contribution >= 4 is 17.3 Å². The average Bonchev–Trinajstić information content (AvgIpc) is 2.70. The SMILES string of the molecule is COc1cc(NC(=O)CCCOc2ccccc2[N+](=O)[O-])cc(OC)c1OC. The number of nitrogens with zero attached hydrogens (tertiary/aromatic N) is 1. The van der Waals surface area contributed by atoms with E-state index in [1.54, 1.807) is 24.3 Å². The van der Waals surface area contributed by atoms with Crippen molar-refractivity contribution in [2.75, 3.05) is 33.3 Å². The summed E-state index contributed by atoms with van der Waals surface area (Å²) < 4.78 is 21.2. The van der Waals surface area contributed by atoms with Crippen LogP contribution in [-0.2, 0) is 4.79 Å². The molecule has 1 amide bonds. The highest BCUT2D eigenvalue weighted by Gasteiger charge is 2.15. The Balaban J connectivity index is 1.90. The maximum Gasteiger partial charge on any atom is 0.310 e.